The van der Waals surface area contributed by atoms with Gasteiger partial charge in [0.1, 0.15) is 5.03 Å². The van der Waals surface area contributed by atoms with Crippen molar-refractivity contribution in [2.75, 3.05) is 0 Å². The summed E-state index contributed by atoms with van der Waals surface area (Å²) in [6.45, 7) is 0. The summed E-state index contributed by atoms with van der Waals surface area (Å²) in [7, 11) is 0. The second-order valence-electron chi connectivity index (χ2n) is 6.05. The van der Waals surface area contributed by atoms with Crippen LogP contribution in [0.4, 0.5) is 8.78 Å². The molecule has 27 heavy (non-hydrogen) atoms. The molecule has 1 aliphatic carbocycles. The lowest BCUT2D eigenvalue weighted by Gasteiger charge is -2.08. The summed E-state index contributed by atoms with van der Waals surface area (Å²) in [4.78, 5) is 4.03. The molecule has 11 heteroatoms. The molecule has 8 nitrogen and oxygen atoms in total. The van der Waals surface area contributed by atoms with Crippen molar-refractivity contribution in [2.45, 2.75) is 35.5 Å². The van der Waals surface area contributed by atoms with Crippen molar-refractivity contribution < 1.29 is 8.78 Å². The van der Waals surface area contributed by atoms with E-state index in [9.17, 15) is 8.78 Å². The van der Waals surface area contributed by atoms with Gasteiger partial charge in [0.15, 0.2) is 16.6 Å². The quantitative estimate of drug-likeness (QED) is 0.520. The molecule has 0 saturated heterocycles. The number of aromatic nitrogens is 8. The van der Waals surface area contributed by atoms with Crippen LogP contribution in [-0.2, 0) is 0 Å². The highest BCUT2D eigenvalue weighted by Crippen LogP contribution is 2.42. The highest BCUT2D eigenvalue weighted by Gasteiger charge is 2.30. The van der Waals surface area contributed by atoms with Gasteiger partial charge in [0.2, 0.25) is 5.82 Å². The molecule has 1 saturated carbocycles. The highest BCUT2D eigenvalue weighted by atomic mass is 32.2. The van der Waals surface area contributed by atoms with Crippen molar-refractivity contribution in [2.24, 2.45) is 0 Å². The molecule has 0 aliphatic heterocycles. The Kier molecular flexibility index (Phi) is 3.81. The first-order valence-corrected chi connectivity index (χ1v) is 9.06. The van der Waals surface area contributed by atoms with Crippen LogP contribution < -0.4 is 0 Å². The van der Waals surface area contributed by atoms with Gasteiger partial charge >= 0.3 is 0 Å². The zero-order chi connectivity index (χ0) is 18.4. The minimum atomic E-state index is -2.75. The third kappa shape index (κ3) is 2.93. The Morgan fingerprint density at radius 1 is 1.00 bits per heavy atom. The van der Waals surface area contributed by atoms with Gasteiger partial charge in [0.05, 0.1) is 0 Å². The van der Waals surface area contributed by atoms with Crippen LogP contribution in [0.15, 0.2) is 46.8 Å². The summed E-state index contributed by atoms with van der Waals surface area (Å²) < 4.78 is 29.3. The van der Waals surface area contributed by atoms with Gasteiger partial charge < -0.3 is 0 Å². The first-order valence-electron chi connectivity index (χ1n) is 8.24. The Balaban J connectivity index is 1.54. The maximum Gasteiger partial charge on any atom is 0.299 e. The molecular formula is C16H12F2N8S. The second kappa shape index (κ2) is 6.34. The maximum atomic E-state index is 13.1. The molecule has 1 fully saturated rings. The number of hydrogen-bond acceptors (Lipinski definition) is 7. The highest BCUT2D eigenvalue weighted by molar-refractivity contribution is 7.99. The third-order valence-electron chi connectivity index (χ3n) is 4.17. The number of pyridine rings is 1. The summed E-state index contributed by atoms with van der Waals surface area (Å²) in [6, 6.07) is 7.42. The van der Waals surface area contributed by atoms with Crippen molar-refractivity contribution in [3.8, 4) is 11.4 Å². The van der Waals surface area contributed by atoms with E-state index in [2.05, 4.69) is 35.0 Å². The van der Waals surface area contributed by atoms with Gasteiger partial charge in [0.25, 0.3) is 6.43 Å². The van der Waals surface area contributed by atoms with Gasteiger partial charge in [0, 0.05) is 24.0 Å². The summed E-state index contributed by atoms with van der Waals surface area (Å²) >= 11 is 1.28. The molecule has 0 N–H and O–H groups in total. The molecule has 4 aromatic rings. The molecule has 4 heterocycles. The van der Waals surface area contributed by atoms with E-state index < -0.39 is 12.2 Å². The van der Waals surface area contributed by atoms with Crippen molar-refractivity contribution >= 4 is 17.4 Å². The van der Waals surface area contributed by atoms with Crippen molar-refractivity contribution in [3.63, 3.8) is 0 Å². The van der Waals surface area contributed by atoms with E-state index in [-0.39, 0.29) is 5.65 Å². The Morgan fingerprint density at radius 2 is 1.81 bits per heavy atom. The molecule has 0 radical (unpaired) electrons. The van der Waals surface area contributed by atoms with Crippen LogP contribution >= 0.6 is 11.8 Å². The van der Waals surface area contributed by atoms with Crippen LogP contribution in [0.5, 0.6) is 0 Å². The third-order valence-corrected chi connectivity index (χ3v) is 5.06. The van der Waals surface area contributed by atoms with Gasteiger partial charge in [-0.25, -0.2) is 8.78 Å². The second-order valence-corrected chi connectivity index (χ2v) is 7.03. The summed E-state index contributed by atoms with van der Waals surface area (Å²) in [5.41, 5.74) is 1.20. The van der Waals surface area contributed by atoms with Crippen LogP contribution in [0.1, 0.15) is 31.1 Å². The van der Waals surface area contributed by atoms with Gasteiger partial charge in [-0.05, 0) is 48.9 Å². The fraction of sp³-hybridized carbons (Fsp3) is 0.250. The average Bonchev–Trinajstić information content (AvgIpc) is 3.29. The predicted molar refractivity (Wildman–Crippen MR) is 91.4 cm³/mol. The summed E-state index contributed by atoms with van der Waals surface area (Å²) in [5.74, 6) is 0.287. The van der Waals surface area contributed by atoms with Crippen LogP contribution in [0.3, 0.4) is 0 Å². The lowest BCUT2D eigenvalue weighted by molar-refractivity contribution is 0.137. The largest absolute Gasteiger partial charge is 0.299 e. The van der Waals surface area contributed by atoms with E-state index in [1.54, 1.807) is 24.5 Å². The Morgan fingerprint density at radius 3 is 2.56 bits per heavy atom. The smallest absolute Gasteiger partial charge is 0.299 e. The SMILES string of the molecule is FC(F)c1nnc2ccc(Sc3nnc(-c4ccncc4)n3C3CC3)nn12. The van der Waals surface area contributed by atoms with E-state index in [1.807, 2.05) is 12.1 Å². The summed E-state index contributed by atoms with van der Waals surface area (Å²) in [6.07, 6.45) is 2.78. The van der Waals surface area contributed by atoms with Crippen molar-refractivity contribution in [3.05, 3.63) is 42.5 Å². The predicted octanol–water partition coefficient (Wildman–Crippen LogP) is 3.20. The lowest BCUT2D eigenvalue weighted by atomic mass is 10.2. The number of rotatable bonds is 5. The molecule has 0 amide bonds. The van der Waals surface area contributed by atoms with Gasteiger partial charge in [-0.2, -0.15) is 9.61 Å². The molecule has 0 aromatic carbocycles. The van der Waals surface area contributed by atoms with Gasteiger partial charge in [-0.1, -0.05) is 0 Å². The molecule has 0 unspecified atom stereocenters. The maximum absolute atomic E-state index is 13.1. The minimum absolute atomic E-state index is 0.274. The Bertz CT molecular complexity index is 1110. The molecule has 136 valence electrons. The standard InChI is InChI=1S/C16H12F2N8S/c17-13(18)15-22-20-11-3-4-12(24-26(11)15)27-16-23-21-14(25(16)10-1-2-10)9-5-7-19-8-6-9/h3-8,10,13H,1-2H2. The van der Waals surface area contributed by atoms with Crippen molar-refractivity contribution in [1.82, 2.24) is 39.6 Å². The van der Waals surface area contributed by atoms with E-state index in [4.69, 9.17) is 0 Å². The first kappa shape index (κ1) is 16.2. The number of hydrogen-bond donors (Lipinski definition) is 0. The fourth-order valence-corrected chi connectivity index (χ4v) is 3.64. The fourth-order valence-electron chi connectivity index (χ4n) is 2.78. The number of nitrogens with zero attached hydrogens (tertiary/aromatic N) is 8. The molecular weight excluding hydrogens is 374 g/mol. The minimum Gasteiger partial charge on any atom is -0.299 e. The van der Waals surface area contributed by atoms with Gasteiger partial charge in [-0.15, -0.1) is 20.4 Å². The van der Waals surface area contributed by atoms with E-state index in [0.29, 0.717) is 16.2 Å². The summed E-state index contributed by atoms with van der Waals surface area (Å²) in [5, 5.41) is 21.3. The molecule has 0 spiro atoms. The number of alkyl halides is 2. The molecule has 4 aromatic heterocycles. The molecule has 1 aliphatic rings. The van der Waals surface area contributed by atoms with Crippen LogP contribution in [0.2, 0.25) is 0 Å². The number of fused-ring (bicyclic) bond motifs is 1. The van der Waals surface area contributed by atoms with Crippen molar-refractivity contribution in [1.29, 1.82) is 0 Å². The zero-order valence-electron chi connectivity index (χ0n) is 13.8. The molecule has 0 atom stereocenters. The Hall–Kier alpha value is -2.95. The average molecular weight is 386 g/mol. The van der Waals surface area contributed by atoms with E-state index in [1.165, 1.54) is 11.8 Å². The zero-order valence-corrected chi connectivity index (χ0v) is 14.6. The monoisotopic (exact) mass is 386 g/mol. The normalized spacial score (nSPS) is 14.3. The lowest BCUT2D eigenvalue weighted by Crippen LogP contribution is -2.02. The van der Waals surface area contributed by atoms with E-state index in [0.717, 1.165) is 28.7 Å². The topological polar surface area (TPSA) is 86.7 Å². The van der Waals surface area contributed by atoms with Crippen LogP contribution in [0.25, 0.3) is 17.0 Å². The first-order chi connectivity index (χ1) is 13.2. The Labute approximate surface area is 155 Å². The van der Waals surface area contributed by atoms with Crippen LogP contribution in [0, 0.1) is 0 Å². The van der Waals surface area contributed by atoms with E-state index >= 15 is 0 Å². The van der Waals surface area contributed by atoms with Crippen LogP contribution in [-0.4, -0.2) is 39.6 Å². The molecule has 5 rings (SSSR count). The number of halogens is 2. The van der Waals surface area contributed by atoms with Gasteiger partial charge in [-0.3, -0.25) is 9.55 Å². The molecule has 0 bridgehead atoms.